The zero-order valence-electron chi connectivity index (χ0n) is 13.5. The molecule has 2 saturated carbocycles. The highest BCUT2D eigenvalue weighted by atomic mass is 16.2. The summed E-state index contributed by atoms with van der Waals surface area (Å²) in [6.45, 7) is 2.17. The van der Waals surface area contributed by atoms with Crippen molar-refractivity contribution in [1.29, 1.82) is 0 Å². The lowest BCUT2D eigenvalue weighted by atomic mass is 9.83. The van der Waals surface area contributed by atoms with E-state index in [1.807, 2.05) is 19.1 Å². The molecule has 2 fully saturated rings. The monoisotopic (exact) mass is 313 g/mol. The second-order valence-corrected chi connectivity index (χ2v) is 7.13. The summed E-state index contributed by atoms with van der Waals surface area (Å²) in [7, 11) is 0. The van der Waals surface area contributed by atoms with E-state index < -0.39 is 0 Å². The molecular weight excluding hydrogens is 290 g/mol. The normalized spacial score (nSPS) is 29.8. The zero-order chi connectivity index (χ0) is 16.0. The lowest BCUT2D eigenvalue weighted by Gasteiger charge is -2.29. The average molecular weight is 313 g/mol. The maximum Gasteiger partial charge on any atom is 0.242 e. The third-order valence-corrected chi connectivity index (χ3v) is 5.58. The summed E-state index contributed by atoms with van der Waals surface area (Å²) in [4.78, 5) is 16.7. The van der Waals surface area contributed by atoms with E-state index in [0.29, 0.717) is 11.5 Å². The highest BCUT2D eigenvalue weighted by molar-refractivity contribution is 5.81. The summed E-state index contributed by atoms with van der Waals surface area (Å²) in [5.41, 5.74) is 8.11. The van der Waals surface area contributed by atoms with Crippen molar-refractivity contribution in [3.8, 4) is 0 Å². The summed E-state index contributed by atoms with van der Waals surface area (Å²) < 4.78 is 1.70. The van der Waals surface area contributed by atoms with Gasteiger partial charge in [0, 0.05) is 23.7 Å². The maximum absolute atomic E-state index is 12.4. The quantitative estimate of drug-likeness (QED) is 0.899. The Morgan fingerprint density at radius 2 is 2.22 bits per heavy atom. The Morgan fingerprint density at radius 3 is 2.91 bits per heavy atom. The molecule has 0 aliphatic heterocycles. The maximum atomic E-state index is 12.4. The van der Waals surface area contributed by atoms with Crippen LogP contribution >= 0.6 is 0 Å². The molecule has 2 aliphatic rings. The van der Waals surface area contributed by atoms with Gasteiger partial charge in [-0.3, -0.25) is 4.79 Å². The van der Waals surface area contributed by atoms with Crippen LogP contribution in [0.15, 0.2) is 18.3 Å². The molecule has 122 valence electrons. The van der Waals surface area contributed by atoms with Crippen LogP contribution in [0.2, 0.25) is 0 Å². The molecule has 2 heterocycles. The largest absolute Gasteiger partial charge is 0.352 e. The molecule has 0 saturated heterocycles. The summed E-state index contributed by atoms with van der Waals surface area (Å²) in [5, 5.41) is 8.60. The van der Waals surface area contributed by atoms with E-state index >= 15 is 0 Å². The number of nitrogens with two attached hydrogens (primary N) is 1. The fourth-order valence-electron chi connectivity index (χ4n) is 3.98. The van der Waals surface area contributed by atoms with Crippen LogP contribution in [0.25, 0.3) is 11.0 Å². The first-order valence-corrected chi connectivity index (χ1v) is 8.40. The predicted molar refractivity (Wildman–Crippen MR) is 87.7 cm³/mol. The van der Waals surface area contributed by atoms with Gasteiger partial charge in [0.2, 0.25) is 5.91 Å². The number of pyridine rings is 1. The molecule has 6 heteroatoms. The molecule has 2 aromatic heterocycles. The number of carbonyl (C=O) groups excluding carboxylic acids is 1. The number of amides is 1. The number of nitrogens with one attached hydrogen (secondary N) is 1. The molecule has 4 rings (SSSR count). The van der Waals surface area contributed by atoms with E-state index in [0.717, 1.165) is 48.8 Å². The fraction of sp³-hybridized carbons (Fsp3) is 0.588. The number of rotatable bonds is 3. The summed E-state index contributed by atoms with van der Waals surface area (Å²) in [6.07, 6.45) is 7.26. The van der Waals surface area contributed by atoms with Gasteiger partial charge in [0.25, 0.3) is 0 Å². The Morgan fingerprint density at radius 1 is 1.48 bits per heavy atom. The van der Waals surface area contributed by atoms with Crippen molar-refractivity contribution in [3.05, 3.63) is 24.0 Å². The second-order valence-electron chi connectivity index (χ2n) is 7.13. The molecule has 6 nitrogen and oxygen atoms in total. The van der Waals surface area contributed by atoms with Crippen LogP contribution in [0.4, 0.5) is 0 Å². The number of aromatic nitrogens is 3. The van der Waals surface area contributed by atoms with Crippen LogP contribution in [-0.2, 0) is 11.3 Å². The van der Waals surface area contributed by atoms with Gasteiger partial charge >= 0.3 is 0 Å². The minimum absolute atomic E-state index is 0.0149. The Kier molecular flexibility index (Phi) is 3.37. The van der Waals surface area contributed by atoms with Gasteiger partial charge in [-0.2, -0.15) is 5.10 Å². The van der Waals surface area contributed by atoms with Gasteiger partial charge in [0.05, 0.1) is 5.69 Å². The van der Waals surface area contributed by atoms with Crippen molar-refractivity contribution >= 4 is 16.9 Å². The van der Waals surface area contributed by atoms with Crippen LogP contribution in [0.3, 0.4) is 0 Å². The smallest absolute Gasteiger partial charge is 0.242 e. The average Bonchev–Trinajstić information content (AvgIpc) is 3.05. The van der Waals surface area contributed by atoms with Crippen molar-refractivity contribution in [2.75, 3.05) is 0 Å². The zero-order valence-corrected chi connectivity index (χ0v) is 13.5. The molecule has 1 amide bonds. The van der Waals surface area contributed by atoms with E-state index in [1.165, 1.54) is 0 Å². The molecular formula is C17H23N5O. The fourth-order valence-corrected chi connectivity index (χ4v) is 3.98. The van der Waals surface area contributed by atoms with Crippen LogP contribution < -0.4 is 11.1 Å². The van der Waals surface area contributed by atoms with Crippen molar-refractivity contribution in [2.24, 2.45) is 11.1 Å². The SMILES string of the molecule is Cc1nn(CC(=O)NC2CCC3(CC2)CC3N)c2ncccc12. The number of nitrogens with zero attached hydrogens (tertiary/aromatic N) is 3. The number of aryl methyl sites for hydroxylation is 1. The molecule has 1 unspecified atom stereocenters. The Balaban J connectivity index is 1.38. The molecule has 0 aromatic carbocycles. The van der Waals surface area contributed by atoms with Gasteiger partial charge < -0.3 is 11.1 Å². The Labute approximate surface area is 135 Å². The van der Waals surface area contributed by atoms with Crippen molar-refractivity contribution in [2.45, 2.75) is 57.7 Å². The highest BCUT2D eigenvalue weighted by Crippen LogP contribution is 2.54. The third kappa shape index (κ3) is 2.61. The van der Waals surface area contributed by atoms with Crippen molar-refractivity contribution < 1.29 is 4.79 Å². The number of fused-ring (bicyclic) bond motifs is 1. The van der Waals surface area contributed by atoms with E-state index in [-0.39, 0.29) is 18.5 Å². The number of hydrogen-bond donors (Lipinski definition) is 2. The van der Waals surface area contributed by atoms with Crippen LogP contribution in [0, 0.1) is 12.3 Å². The minimum Gasteiger partial charge on any atom is -0.352 e. The van der Waals surface area contributed by atoms with E-state index in [2.05, 4.69) is 15.4 Å². The van der Waals surface area contributed by atoms with Crippen LogP contribution in [0.5, 0.6) is 0 Å². The van der Waals surface area contributed by atoms with Gasteiger partial charge in [-0.15, -0.1) is 0 Å². The lowest BCUT2D eigenvalue weighted by molar-refractivity contribution is -0.122. The van der Waals surface area contributed by atoms with Crippen LogP contribution in [-0.4, -0.2) is 32.8 Å². The second kappa shape index (κ2) is 5.30. The summed E-state index contributed by atoms with van der Waals surface area (Å²) >= 11 is 0. The van der Waals surface area contributed by atoms with Gasteiger partial charge in [-0.25, -0.2) is 9.67 Å². The number of hydrogen-bond acceptors (Lipinski definition) is 4. The van der Waals surface area contributed by atoms with E-state index in [1.54, 1.807) is 10.9 Å². The van der Waals surface area contributed by atoms with Gasteiger partial charge in [-0.05, 0) is 56.6 Å². The molecule has 23 heavy (non-hydrogen) atoms. The molecule has 1 atom stereocenters. The van der Waals surface area contributed by atoms with Gasteiger partial charge in [-0.1, -0.05) is 0 Å². The lowest BCUT2D eigenvalue weighted by Crippen LogP contribution is -2.40. The molecule has 2 aromatic rings. The minimum atomic E-state index is 0.0149. The molecule has 0 radical (unpaired) electrons. The third-order valence-electron chi connectivity index (χ3n) is 5.58. The first-order chi connectivity index (χ1) is 11.1. The highest BCUT2D eigenvalue weighted by Gasteiger charge is 2.52. The van der Waals surface area contributed by atoms with Crippen molar-refractivity contribution in [1.82, 2.24) is 20.1 Å². The first kappa shape index (κ1) is 14.6. The summed E-state index contributed by atoms with van der Waals surface area (Å²) in [5.74, 6) is 0.0149. The molecule has 0 bridgehead atoms. The molecule has 2 aliphatic carbocycles. The number of carbonyl (C=O) groups is 1. The molecule has 1 spiro atoms. The van der Waals surface area contributed by atoms with Crippen LogP contribution in [0.1, 0.15) is 37.8 Å². The topological polar surface area (TPSA) is 85.8 Å². The Hall–Kier alpha value is -1.95. The van der Waals surface area contributed by atoms with Gasteiger partial charge in [0.1, 0.15) is 6.54 Å². The summed E-state index contributed by atoms with van der Waals surface area (Å²) in [6, 6.07) is 4.54. The van der Waals surface area contributed by atoms with E-state index in [4.69, 9.17) is 5.73 Å². The standard InChI is InChI=1S/C17H23N5O/c1-11-13-3-2-8-19-16(13)22(21-11)10-15(23)20-12-4-6-17(7-5-12)9-14(17)18/h2-3,8,12,14H,4-7,9-10,18H2,1H3,(H,20,23). The van der Waals surface area contributed by atoms with Gasteiger partial charge in [0.15, 0.2) is 5.65 Å². The Bertz CT molecular complexity index is 745. The first-order valence-electron chi connectivity index (χ1n) is 8.40. The van der Waals surface area contributed by atoms with E-state index in [9.17, 15) is 4.79 Å². The molecule has 3 N–H and O–H groups in total. The van der Waals surface area contributed by atoms with Crippen molar-refractivity contribution in [3.63, 3.8) is 0 Å². The predicted octanol–water partition coefficient (Wildman–Crippen LogP) is 1.52.